The first-order chi connectivity index (χ1) is 6.18. The van der Waals surface area contributed by atoms with E-state index in [0.29, 0.717) is 0 Å². The monoisotopic (exact) mass is 186 g/mol. The van der Waals surface area contributed by atoms with Crippen molar-refractivity contribution in [2.75, 3.05) is 7.05 Å². The van der Waals surface area contributed by atoms with E-state index < -0.39 is 0 Å². The lowest BCUT2D eigenvalue weighted by molar-refractivity contribution is 0.210. The first-order valence-corrected chi connectivity index (χ1v) is 4.29. The van der Waals surface area contributed by atoms with Gasteiger partial charge >= 0.3 is 12.1 Å². The zero-order chi connectivity index (χ0) is 10.0. The molecular weight excluding hydrogens is 172 g/mol. The average Bonchev–Trinajstić information content (AvgIpc) is 2.58. The van der Waals surface area contributed by atoms with Crippen molar-refractivity contribution >= 4 is 12.1 Å². The number of hydrogen-bond acceptors (Lipinski definition) is 2. The minimum absolute atomic E-state index is 0.174. The molecule has 2 heterocycles. The molecule has 2 saturated heterocycles. The van der Waals surface area contributed by atoms with Gasteiger partial charge in [0.1, 0.15) is 12.3 Å². The van der Waals surface area contributed by atoms with Crippen molar-refractivity contribution in [3.8, 4) is 0 Å². The van der Waals surface area contributed by atoms with Crippen LogP contribution >= 0.6 is 0 Å². The van der Waals surface area contributed by atoms with Crippen LogP contribution in [0.25, 0.3) is 0 Å². The van der Waals surface area contributed by atoms with Gasteiger partial charge in [-0.1, -0.05) is 13.8 Å². The zero-order valence-electron chi connectivity index (χ0n) is 7.92. The zero-order valence-corrected chi connectivity index (χ0v) is 7.92. The summed E-state index contributed by atoms with van der Waals surface area (Å²) in [6.07, 6.45) is -0.519. The van der Waals surface area contributed by atoms with E-state index in [2.05, 4.69) is 16.0 Å². The first kappa shape index (κ1) is 9.63. The highest BCUT2D eigenvalue weighted by atomic mass is 16.2. The van der Waals surface area contributed by atoms with Crippen LogP contribution in [0.5, 0.6) is 0 Å². The lowest BCUT2D eigenvalue weighted by atomic mass is 10.4. The highest BCUT2D eigenvalue weighted by molar-refractivity contribution is 5.84. The van der Waals surface area contributed by atoms with Gasteiger partial charge in [-0.25, -0.2) is 9.59 Å². The number of carbonyl (C=O) groups is 2. The second-order valence-electron chi connectivity index (χ2n) is 2.60. The van der Waals surface area contributed by atoms with Crippen molar-refractivity contribution in [3.63, 3.8) is 0 Å². The van der Waals surface area contributed by atoms with E-state index in [4.69, 9.17) is 0 Å². The molecule has 2 atom stereocenters. The summed E-state index contributed by atoms with van der Waals surface area (Å²) in [5.41, 5.74) is 0. The van der Waals surface area contributed by atoms with Crippen LogP contribution in [0, 0.1) is 0 Å². The van der Waals surface area contributed by atoms with Crippen LogP contribution in [0.2, 0.25) is 0 Å². The molecular formula is C7H14N4O2. The maximum Gasteiger partial charge on any atom is 0.320 e. The SMILES string of the molecule is CC.CN1C(=O)N[C@@H]2NC(=O)N[C@@H]21. The van der Waals surface area contributed by atoms with Gasteiger partial charge in [-0.2, -0.15) is 0 Å². The predicted molar refractivity (Wildman–Crippen MR) is 46.9 cm³/mol. The van der Waals surface area contributed by atoms with E-state index in [1.54, 1.807) is 7.05 Å². The van der Waals surface area contributed by atoms with E-state index in [0.717, 1.165) is 0 Å². The van der Waals surface area contributed by atoms with Crippen LogP contribution in [0.4, 0.5) is 9.59 Å². The highest BCUT2D eigenvalue weighted by Gasteiger charge is 2.43. The third-order valence-electron chi connectivity index (χ3n) is 1.90. The lowest BCUT2D eigenvalue weighted by Gasteiger charge is -2.14. The molecule has 2 rings (SSSR count). The number of fused-ring (bicyclic) bond motifs is 1. The number of nitrogens with zero attached hydrogens (tertiary/aromatic N) is 1. The molecule has 0 aromatic rings. The second-order valence-corrected chi connectivity index (χ2v) is 2.60. The highest BCUT2D eigenvalue weighted by Crippen LogP contribution is 2.10. The van der Waals surface area contributed by atoms with E-state index in [1.807, 2.05) is 13.8 Å². The van der Waals surface area contributed by atoms with Gasteiger partial charge in [0.25, 0.3) is 0 Å². The fourth-order valence-corrected chi connectivity index (χ4v) is 1.28. The molecule has 0 aromatic heterocycles. The minimum atomic E-state index is -0.278. The van der Waals surface area contributed by atoms with Gasteiger partial charge in [-0.3, -0.25) is 0 Å². The summed E-state index contributed by atoms with van der Waals surface area (Å²) in [6, 6.07) is -0.417. The Morgan fingerprint density at radius 2 is 1.77 bits per heavy atom. The van der Waals surface area contributed by atoms with Crippen molar-refractivity contribution < 1.29 is 9.59 Å². The number of likely N-dealkylation sites (N-methyl/N-ethyl adjacent to an activating group) is 1. The number of carbonyl (C=O) groups excluding carboxylic acids is 2. The topological polar surface area (TPSA) is 73.5 Å². The third-order valence-corrected chi connectivity index (χ3v) is 1.90. The molecule has 2 aliphatic rings. The largest absolute Gasteiger partial charge is 0.320 e. The Bertz CT molecular complexity index is 231. The van der Waals surface area contributed by atoms with Gasteiger partial charge in [0.2, 0.25) is 0 Å². The van der Waals surface area contributed by atoms with Gasteiger partial charge in [0.15, 0.2) is 0 Å². The van der Waals surface area contributed by atoms with Crippen molar-refractivity contribution in [3.05, 3.63) is 0 Å². The molecule has 3 N–H and O–H groups in total. The van der Waals surface area contributed by atoms with E-state index in [9.17, 15) is 9.59 Å². The number of urea groups is 2. The fourth-order valence-electron chi connectivity index (χ4n) is 1.28. The van der Waals surface area contributed by atoms with Crippen LogP contribution in [0.1, 0.15) is 13.8 Å². The summed E-state index contributed by atoms with van der Waals surface area (Å²) in [7, 11) is 1.63. The summed E-state index contributed by atoms with van der Waals surface area (Å²) in [4.78, 5) is 23.1. The molecule has 0 spiro atoms. The number of rotatable bonds is 0. The summed E-state index contributed by atoms with van der Waals surface area (Å²) >= 11 is 0. The summed E-state index contributed by atoms with van der Waals surface area (Å²) in [5.74, 6) is 0. The molecule has 2 fully saturated rings. The Balaban J connectivity index is 0.000000396. The lowest BCUT2D eigenvalue weighted by Crippen LogP contribution is -2.40. The fraction of sp³-hybridized carbons (Fsp3) is 0.714. The van der Waals surface area contributed by atoms with Crippen molar-refractivity contribution in [1.82, 2.24) is 20.9 Å². The van der Waals surface area contributed by atoms with Crippen LogP contribution < -0.4 is 16.0 Å². The van der Waals surface area contributed by atoms with Crippen LogP contribution in [0.3, 0.4) is 0 Å². The molecule has 0 bridgehead atoms. The molecule has 74 valence electrons. The predicted octanol–water partition coefficient (Wildman–Crippen LogP) is -0.367. The Morgan fingerprint density at radius 3 is 2.31 bits per heavy atom. The molecule has 2 aliphatic heterocycles. The Morgan fingerprint density at radius 1 is 1.15 bits per heavy atom. The van der Waals surface area contributed by atoms with Crippen molar-refractivity contribution in [2.24, 2.45) is 0 Å². The Hall–Kier alpha value is -1.46. The molecule has 0 radical (unpaired) electrons. The third kappa shape index (κ3) is 1.51. The summed E-state index contributed by atoms with van der Waals surface area (Å²) in [6.45, 7) is 4.00. The molecule has 0 aromatic carbocycles. The molecule has 13 heavy (non-hydrogen) atoms. The van der Waals surface area contributed by atoms with Gasteiger partial charge in [-0.05, 0) is 0 Å². The molecule has 4 amide bonds. The molecule has 0 aliphatic carbocycles. The van der Waals surface area contributed by atoms with Gasteiger partial charge in [0.05, 0.1) is 0 Å². The Kier molecular flexibility index (Phi) is 2.60. The minimum Gasteiger partial charge on any atom is -0.314 e. The van der Waals surface area contributed by atoms with Crippen LogP contribution in [-0.2, 0) is 0 Å². The molecule has 6 heteroatoms. The van der Waals surface area contributed by atoms with Crippen molar-refractivity contribution in [1.29, 1.82) is 0 Å². The smallest absolute Gasteiger partial charge is 0.314 e. The van der Waals surface area contributed by atoms with Gasteiger partial charge in [0, 0.05) is 7.05 Å². The summed E-state index contributed by atoms with van der Waals surface area (Å²) in [5, 5.41) is 7.73. The van der Waals surface area contributed by atoms with E-state index in [1.165, 1.54) is 4.90 Å². The number of hydrogen-bond donors (Lipinski definition) is 3. The maximum atomic E-state index is 10.9. The molecule has 0 saturated carbocycles. The number of amides is 4. The van der Waals surface area contributed by atoms with Crippen LogP contribution in [0.15, 0.2) is 0 Å². The number of nitrogens with one attached hydrogen (secondary N) is 3. The first-order valence-electron chi connectivity index (χ1n) is 4.29. The maximum absolute atomic E-state index is 10.9. The van der Waals surface area contributed by atoms with E-state index in [-0.39, 0.29) is 24.4 Å². The van der Waals surface area contributed by atoms with E-state index >= 15 is 0 Å². The normalized spacial score (nSPS) is 29.6. The van der Waals surface area contributed by atoms with Crippen LogP contribution in [-0.4, -0.2) is 36.3 Å². The van der Waals surface area contributed by atoms with Crippen molar-refractivity contribution in [2.45, 2.75) is 26.2 Å². The average molecular weight is 186 g/mol. The second kappa shape index (κ2) is 3.51. The van der Waals surface area contributed by atoms with Gasteiger partial charge < -0.3 is 20.9 Å². The van der Waals surface area contributed by atoms with Gasteiger partial charge in [-0.15, -0.1) is 0 Å². The standard InChI is InChI=1S/C5H8N4O2.C2H6/c1-9-3-2(7-5(9)11)6-4(10)8-3;1-2/h2-3H,1H3,(H,7,11)(H2,6,8,10);1-2H3/t2-,3+;/m0./s1. The molecule has 6 nitrogen and oxygen atoms in total. The summed E-state index contributed by atoms with van der Waals surface area (Å²) < 4.78 is 0. The molecule has 0 unspecified atom stereocenters. The quantitative estimate of drug-likeness (QED) is 0.483. The Labute approximate surface area is 76.7 Å².